The predicted molar refractivity (Wildman–Crippen MR) is 98.5 cm³/mol. The van der Waals surface area contributed by atoms with Crippen LogP contribution in [0, 0.1) is 11.8 Å². The zero-order valence-corrected chi connectivity index (χ0v) is 16.0. The van der Waals surface area contributed by atoms with Gasteiger partial charge in [0.15, 0.2) is 0 Å². The van der Waals surface area contributed by atoms with Gasteiger partial charge in [0, 0.05) is 36.9 Å². The molecule has 1 aromatic rings. The van der Waals surface area contributed by atoms with Gasteiger partial charge in [-0.25, -0.2) is 0 Å². The van der Waals surface area contributed by atoms with E-state index in [1.165, 1.54) is 0 Å². The second kappa shape index (κ2) is 5.41. The van der Waals surface area contributed by atoms with Gasteiger partial charge in [-0.3, -0.25) is 14.6 Å². The van der Waals surface area contributed by atoms with Crippen LogP contribution in [0.3, 0.4) is 0 Å². The predicted octanol–water partition coefficient (Wildman–Crippen LogP) is 1.55. The summed E-state index contributed by atoms with van der Waals surface area (Å²) in [4.78, 5) is 34.9. The van der Waals surface area contributed by atoms with Gasteiger partial charge >= 0.3 is 0 Å². The molecule has 0 unspecified atom stereocenters. The van der Waals surface area contributed by atoms with Gasteiger partial charge in [0.05, 0.1) is 24.5 Å². The second-order valence-electron chi connectivity index (χ2n) is 9.11. The van der Waals surface area contributed by atoms with Crippen LogP contribution in [0.2, 0.25) is 0 Å². The first-order chi connectivity index (χ1) is 12.8. The van der Waals surface area contributed by atoms with Gasteiger partial charge < -0.3 is 14.5 Å². The normalized spacial score (nSPS) is 34.2. The molecule has 1 aromatic heterocycles. The van der Waals surface area contributed by atoms with Crippen LogP contribution in [0.5, 0.6) is 0 Å². The molecule has 4 aliphatic rings. The molecule has 2 amide bonds. The van der Waals surface area contributed by atoms with E-state index in [0.29, 0.717) is 19.6 Å². The molecule has 142 valence electrons. The number of pyridine rings is 1. The Balaban J connectivity index is 1.44. The third-order valence-corrected chi connectivity index (χ3v) is 6.47. The van der Waals surface area contributed by atoms with Crippen molar-refractivity contribution in [1.29, 1.82) is 0 Å². The minimum atomic E-state index is -0.634. The number of nitrogens with zero attached hydrogens (tertiary/aromatic N) is 3. The van der Waals surface area contributed by atoms with E-state index in [0.717, 1.165) is 17.7 Å². The van der Waals surface area contributed by atoms with Gasteiger partial charge in [-0.15, -0.1) is 0 Å². The molecule has 0 N–H and O–H groups in total. The highest BCUT2D eigenvalue weighted by atomic mass is 16.5. The van der Waals surface area contributed by atoms with Crippen molar-refractivity contribution in [3.63, 3.8) is 0 Å². The van der Waals surface area contributed by atoms with Crippen molar-refractivity contribution in [2.24, 2.45) is 11.8 Å². The zero-order valence-electron chi connectivity index (χ0n) is 16.0. The third-order valence-electron chi connectivity index (χ3n) is 6.47. The van der Waals surface area contributed by atoms with Crippen molar-refractivity contribution in [1.82, 2.24) is 14.8 Å². The van der Waals surface area contributed by atoms with Crippen LogP contribution in [0.15, 0.2) is 30.5 Å². The summed E-state index contributed by atoms with van der Waals surface area (Å²) in [6.45, 7) is 7.83. The topological polar surface area (TPSA) is 62.7 Å². The maximum atomic E-state index is 13.5. The zero-order chi connectivity index (χ0) is 19.0. The molecule has 2 bridgehead atoms. The lowest BCUT2D eigenvalue weighted by Crippen LogP contribution is -2.48. The highest BCUT2D eigenvalue weighted by molar-refractivity contribution is 5.93. The van der Waals surface area contributed by atoms with Gasteiger partial charge in [0.25, 0.3) is 0 Å². The molecule has 6 heteroatoms. The Labute approximate surface area is 159 Å². The maximum absolute atomic E-state index is 13.5. The van der Waals surface area contributed by atoms with Crippen LogP contribution in [0.1, 0.15) is 32.0 Å². The van der Waals surface area contributed by atoms with E-state index < -0.39 is 17.4 Å². The number of amides is 2. The number of likely N-dealkylation sites (tertiary alicyclic amines) is 1. The number of aromatic nitrogens is 1. The number of fused-ring (bicyclic) bond motifs is 2. The first kappa shape index (κ1) is 16.9. The molecule has 0 saturated carbocycles. The molecule has 2 fully saturated rings. The van der Waals surface area contributed by atoms with Crippen LogP contribution >= 0.6 is 0 Å². The summed E-state index contributed by atoms with van der Waals surface area (Å²) in [5.41, 5.74) is 1.25. The van der Waals surface area contributed by atoms with Gasteiger partial charge in [-0.05, 0) is 32.4 Å². The molecule has 0 radical (unpaired) electrons. The molecular formula is C21H25N3O3. The van der Waals surface area contributed by atoms with E-state index in [1.807, 2.05) is 54.9 Å². The molecule has 0 aromatic carbocycles. The van der Waals surface area contributed by atoms with Crippen molar-refractivity contribution in [3.05, 3.63) is 41.7 Å². The van der Waals surface area contributed by atoms with E-state index in [4.69, 9.17) is 4.74 Å². The highest BCUT2D eigenvalue weighted by Crippen LogP contribution is 2.53. The monoisotopic (exact) mass is 367 g/mol. The molecule has 5 rings (SSSR count). The minimum absolute atomic E-state index is 0.0369. The summed E-state index contributed by atoms with van der Waals surface area (Å²) < 4.78 is 6.24. The van der Waals surface area contributed by atoms with E-state index in [2.05, 4.69) is 4.98 Å². The molecule has 1 spiro atoms. The van der Waals surface area contributed by atoms with E-state index >= 15 is 0 Å². The van der Waals surface area contributed by atoms with Crippen molar-refractivity contribution in [2.75, 3.05) is 13.1 Å². The van der Waals surface area contributed by atoms with Gasteiger partial charge in [0.2, 0.25) is 11.8 Å². The molecule has 5 heterocycles. The summed E-state index contributed by atoms with van der Waals surface area (Å²) in [7, 11) is 0. The lowest BCUT2D eigenvalue weighted by atomic mass is 9.76. The number of carbonyl (C=O) groups excluding carboxylic acids is 2. The van der Waals surface area contributed by atoms with E-state index in [9.17, 15) is 9.59 Å². The quantitative estimate of drug-likeness (QED) is 0.707. The number of hydrogen-bond acceptors (Lipinski definition) is 4. The first-order valence-electron chi connectivity index (χ1n) is 9.70. The third kappa shape index (κ3) is 2.32. The average molecular weight is 367 g/mol. The van der Waals surface area contributed by atoms with Crippen molar-refractivity contribution >= 4 is 11.8 Å². The van der Waals surface area contributed by atoms with Crippen molar-refractivity contribution < 1.29 is 14.3 Å². The summed E-state index contributed by atoms with van der Waals surface area (Å²) >= 11 is 0. The highest BCUT2D eigenvalue weighted by Gasteiger charge is 2.68. The summed E-state index contributed by atoms with van der Waals surface area (Å²) in [6, 6.07) is 3.94. The lowest BCUT2D eigenvalue weighted by molar-refractivity contribution is -0.145. The summed E-state index contributed by atoms with van der Waals surface area (Å²) in [5.74, 6) is -0.746. The fraction of sp³-hybridized carbons (Fsp3) is 0.571. The van der Waals surface area contributed by atoms with Gasteiger partial charge in [-0.2, -0.15) is 0 Å². The molecule has 6 nitrogen and oxygen atoms in total. The van der Waals surface area contributed by atoms with Crippen LogP contribution in [-0.2, 0) is 27.3 Å². The van der Waals surface area contributed by atoms with Crippen LogP contribution in [0.4, 0.5) is 0 Å². The SMILES string of the molecule is CC(C)(C)N1C[C@]23C=C[C@H](O2)[C@H](C(=O)N2CCc4ncccc4C2)[C@@H]3C1=O. The molecule has 4 aliphatic heterocycles. The Kier molecular flexibility index (Phi) is 3.39. The first-order valence-corrected chi connectivity index (χ1v) is 9.70. The summed E-state index contributed by atoms with van der Waals surface area (Å²) in [5, 5.41) is 0. The minimum Gasteiger partial charge on any atom is -0.360 e. The van der Waals surface area contributed by atoms with Gasteiger partial charge in [-0.1, -0.05) is 18.2 Å². The van der Waals surface area contributed by atoms with Gasteiger partial charge in [0.1, 0.15) is 5.60 Å². The maximum Gasteiger partial charge on any atom is 0.230 e. The Morgan fingerprint density at radius 3 is 2.96 bits per heavy atom. The fourth-order valence-electron chi connectivity index (χ4n) is 5.11. The Morgan fingerprint density at radius 1 is 1.37 bits per heavy atom. The molecule has 2 saturated heterocycles. The Bertz CT molecular complexity index is 858. The molecule has 4 atom stereocenters. The molecule has 27 heavy (non-hydrogen) atoms. The number of carbonyl (C=O) groups is 2. The smallest absolute Gasteiger partial charge is 0.230 e. The second-order valence-corrected chi connectivity index (χ2v) is 9.11. The number of ether oxygens (including phenoxy) is 1. The van der Waals surface area contributed by atoms with Crippen LogP contribution in [0.25, 0.3) is 0 Å². The van der Waals surface area contributed by atoms with E-state index in [-0.39, 0.29) is 23.5 Å². The number of rotatable bonds is 1. The summed E-state index contributed by atoms with van der Waals surface area (Å²) in [6.07, 6.45) is 6.27. The average Bonchev–Trinajstić information content (AvgIpc) is 3.28. The Morgan fingerprint density at radius 2 is 2.19 bits per heavy atom. The number of hydrogen-bond donors (Lipinski definition) is 0. The van der Waals surface area contributed by atoms with E-state index in [1.54, 1.807) is 6.20 Å². The fourth-order valence-corrected chi connectivity index (χ4v) is 5.11. The standard InChI is InChI=1S/C21H25N3O3/c1-20(2,3)24-12-21-8-6-15(27-21)16(17(21)19(24)26)18(25)23-10-7-14-13(11-23)5-4-9-22-14/h4-6,8-9,15-17H,7,10-12H2,1-3H3/t15-,16-,17+,21-/m0/s1. The molecule has 0 aliphatic carbocycles. The van der Waals surface area contributed by atoms with Crippen LogP contribution < -0.4 is 0 Å². The lowest BCUT2D eigenvalue weighted by Gasteiger charge is -2.35. The van der Waals surface area contributed by atoms with Crippen LogP contribution in [-0.4, -0.2) is 56.9 Å². The largest absolute Gasteiger partial charge is 0.360 e. The Hall–Kier alpha value is -2.21. The molecular weight excluding hydrogens is 342 g/mol. The van der Waals surface area contributed by atoms with Crippen molar-refractivity contribution in [3.8, 4) is 0 Å². The van der Waals surface area contributed by atoms with Crippen molar-refractivity contribution in [2.45, 2.75) is 51.0 Å².